The highest BCUT2D eigenvalue weighted by molar-refractivity contribution is 7.98. The smallest absolute Gasteiger partial charge is 0.253 e. The van der Waals surface area contributed by atoms with Gasteiger partial charge in [0.2, 0.25) is 0 Å². The molecular weight excluding hydrogens is 368 g/mol. The van der Waals surface area contributed by atoms with Crippen LogP contribution in [-0.4, -0.2) is 38.7 Å². The molecule has 0 aliphatic carbocycles. The molecule has 0 saturated carbocycles. The van der Waals surface area contributed by atoms with E-state index in [2.05, 4.69) is 35.3 Å². The molecule has 0 atom stereocenters. The van der Waals surface area contributed by atoms with Crippen LogP contribution in [0.4, 0.5) is 0 Å². The van der Waals surface area contributed by atoms with Gasteiger partial charge in [-0.1, -0.05) is 47.7 Å². The Morgan fingerprint density at radius 1 is 1.07 bits per heavy atom. The molecule has 1 amide bonds. The molecule has 144 valence electrons. The highest BCUT2D eigenvalue weighted by atomic mass is 32.2. The molecule has 1 aromatic heterocycles. The Morgan fingerprint density at radius 2 is 1.82 bits per heavy atom. The highest BCUT2D eigenvalue weighted by Gasteiger charge is 2.19. The van der Waals surface area contributed by atoms with Gasteiger partial charge in [0.05, 0.1) is 0 Å². The summed E-state index contributed by atoms with van der Waals surface area (Å²) >= 11 is 1.65. The number of rotatable bonds is 5. The predicted octanol–water partition coefficient (Wildman–Crippen LogP) is 4.32. The van der Waals surface area contributed by atoms with E-state index < -0.39 is 0 Å². The van der Waals surface area contributed by atoms with Crippen LogP contribution in [0.1, 0.15) is 34.3 Å². The quantitative estimate of drug-likeness (QED) is 0.607. The number of amides is 1. The lowest BCUT2D eigenvalue weighted by Crippen LogP contribution is -2.27. The summed E-state index contributed by atoms with van der Waals surface area (Å²) in [5.74, 6) is 1.81. The fraction of sp³-hybridized carbons (Fsp3) is 0.318. The van der Waals surface area contributed by atoms with Crippen molar-refractivity contribution in [1.29, 1.82) is 0 Å². The highest BCUT2D eigenvalue weighted by Crippen LogP contribution is 2.26. The van der Waals surface area contributed by atoms with Gasteiger partial charge >= 0.3 is 0 Å². The molecule has 1 saturated heterocycles. The van der Waals surface area contributed by atoms with Crippen molar-refractivity contribution in [2.75, 3.05) is 13.1 Å². The third-order valence-corrected chi connectivity index (χ3v) is 6.16. The van der Waals surface area contributed by atoms with E-state index in [1.807, 2.05) is 46.8 Å². The lowest BCUT2D eigenvalue weighted by molar-refractivity contribution is 0.0793. The van der Waals surface area contributed by atoms with Gasteiger partial charge in [0.15, 0.2) is 11.0 Å². The van der Waals surface area contributed by atoms with Crippen LogP contribution in [-0.2, 0) is 12.8 Å². The van der Waals surface area contributed by atoms with Gasteiger partial charge in [-0.3, -0.25) is 4.79 Å². The fourth-order valence-electron chi connectivity index (χ4n) is 3.47. The van der Waals surface area contributed by atoms with Crippen LogP contribution in [0.3, 0.4) is 0 Å². The first kappa shape index (κ1) is 18.7. The number of carbonyl (C=O) groups excluding carboxylic acids is 1. The number of hydrogen-bond acceptors (Lipinski definition) is 4. The van der Waals surface area contributed by atoms with Gasteiger partial charge in [-0.2, -0.15) is 0 Å². The third kappa shape index (κ3) is 3.97. The number of benzene rings is 2. The van der Waals surface area contributed by atoms with E-state index in [4.69, 9.17) is 0 Å². The van der Waals surface area contributed by atoms with Crippen LogP contribution >= 0.6 is 11.8 Å². The van der Waals surface area contributed by atoms with Gasteiger partial charge in [-0.25, -0.2) is 0 Å². The topological polar surface area (TPSA) is 51.0 Å². The molecule has 0 radical (unpaired) electrons. The number of aromatic nitrogens is 3. The molecule has 2 aromatic carbocycles. The molecule has 0 unspecified atom stereocenters. The van der Waals surface area contributed by atoms with Crippen molar-refractivity contribution < 1.29 is 4.79 Å². The number of nitrogens with zero attached hydrogens (tertiary/aromatic N) is 4. The lowest BCUT2D eigenvalue weighted by Gasteiger charge is -2.15. The second-order valence-electron chi connectivity index (χ2n) is 7.22. The number of thioether (sulfide) groups is 1. The Morgan fingerprint density at radius 3 is 2.54 bits per heavy atom. The summed E-state index contributed by atoms with van der Waals surface area (Å²) in [5, 5.41) is 9.60. The van der Waals surface area contributed by atoms with Gasteiger partial charge in [-0.15, -0.1) is 10.2 Å². The molecule has 1 aliphatic heterocycles. The molecule has 5 nitrogen and oxygen atoms in total. The molecule has 3 aromatic rings. The summed E-state index contributed by atoms with van der Waals surface area (Å²) in [6, 6.07) is 16.2. The average Bonchev–Trinajstić information content (AvgIpc) is 3.36. The molecule has 28 heavy (non-hydrogen) atoms. The predicted molar refractivity (Wildman–Crippen MR) is 112 cm³/mol. The van der Waals surface area contributed by atoms with Gasteiger partial charge in [0.25, 0.3) is 5.91 Å². The third-order valence-electron chi connectivity index (χ3n) is 5.07. The second-order valence-corrected chi connectivity index (χ2v) is 8.16. The molecule has 2 heterocycles. The summed E-state index contributed by atoms with van der Waals surface area (Å²) in [7, 11) is 2.00. The Kier molecular flexibility index (Phi) is 5.48. The van der Waals surface area contributed by atoms with E-state index >= 15 is 0 Å². The van der Waals surface area contributed by atoms with E-state index in [0.29, 0.717) is 0 Å². The van der Waals surface area contributed by atoms with E-state index in [-0.39, 0.29) is 5.91 Å². The summed E-state index contributed by atoms with van der Waals surface area (Å²) in [6.45, 7) is 3.84. The zero-order valence-corrected chi connectivity index (χ0v) is 17.1. The molecule has 1 fully saturated rings. The average molecular weight is 393 g/mol. The second kappa shape index (κ2) is 8.19. The van der Waals surface area contributed by atoms with E-state index in [1.54, 1.807) is 11.8 Å². The molecule has 6 heteroatoms. The zero-order chi connectivity index (χ0) is 19.5. The number of carbonyl (C=O) groups is 1. The van der Waals surface area contributed by atoms with Crippen LogP contribution < -0.4 is 0 Å². The van der Waals surface area contributed by atoms with Crippen molar-refractivity contribution in [3.05, 3.63) is 65.2 Å². The monoisotopic (exact) mass is 392 g/mol. The summed E-state index contributed by atoms with van der Waals surface area (Å²) in [6.07, 6.45) is 2.23. The Labute approximate surface area is 169 Å². The number of likely N-dealkylation sites (tertiary alicyclic amines) is 1. The van der Waals surface area contributed by atoms with Gasteiger partial charge in [-0.05, 0) is 43.5 Å². The lowest BCUT2D eigenvalue weighted by atomic mass is 10.1. The molecule has 0 bridgehead atoms. The molecule has 0 N–H and O–H groups in total. The largest absolute Gasteiger partial charge is 0.339 e. The summed E-state index contributed by atoms with van der Waals surface area (Å²) in [5.41, 5.74) is 4.23. The minimum Gasteiger partial charge on any atom is -0.339 e. The van der Waals surface area contributed by atoms with Gasteiger partial charge < -0.3 is 9.47 Å². The maximum atomic E-state index is 12.4. The first-order valence-electron chi connectivity index (χ1n) is 9.59. The Balaban J connectivity index is 1.41. The summed E-state index contributed by atoms with van der Waals surface area (Å²) < 4.78 is 2.03. The maximum absolute atomic E-state index is 12.4. The molecule has 4 rings (SSSR count). The van der Waals surface area contributed by atoms with Crippen molar-refractivity contribution in [2.45, 2.75) is 30.7 Å². The standard InChI is InChI=1S/C22H24N4OS/c1-16-6-5-7-19(14-16)20-23-24-22(25(20)2)28-15-17-8-10-18(11-9-17)21(27)26-12-3-4-13-26/h5-11,14H,3-4,12-13,15H2,1-2H3. The normalized spacial score (nSPS) is 13.9. The van der Waals surface area contributed by atoms with Crippen molar-refractivity contribution in [1.82, 2.24) is 19.7 Å². The van der Waals surface area contributed by atoms with E-state index in [9.17, 15) is 4.79 Å². The molecule has 1 aliphatic rings. The minimum atomic E-state index is 0.146. The maximum Gasteiger partial charge on any atom is 0.253 e. The van der Waals surface area contributed by atoms with Gasteiger partial charge in [0, 0.05) is 37.0 Å². The van der Waals surface area contributed by atoms with E-state index in [1.165, 1.54) is 11.1 Å². The van der Waals surface area contributed by atoms with Gasteiger partial charge in [0.1, 0.15) is 0 Å². The zero-order valence-electron chi connectivity index (χ0n) is 16.3. The van der Waals surface area contributed by atoms with Crippen molar-refractivity contribution in [3.63, 3.8) is 0 Å². The minimum absolute atomic E-state index is 0.146. The van der Waals surface area contributed by atoms with Crippen LogP contribution in [0, 0.1) is 6.92 Å². The first-order valence-corrected chi connectivity index (χ1v) is 10.6. The Bertz CT molecular complexity index is 974. The summed E-state index contributed by atoms with van der Waals surface area (Å²) in [4.78, 5) is 14.4. The van der Waals surface area contributed by atoms with Crippen molar-refractivity contribution in [2.24, 2.45) is 7.05 Å². The van der Waals surface area contributed by atoms with Crippen LogP contribution in [0.2, 0.25) is 0 Å². The number of hydrogen-bond donors (Lipinski definition) is 0. The fourth-order valence-corrected chi connectivity index (χ4v) is 4.34. The first-order chi connectivity index (χ1) is 13.6. The van der Waals surface area contributed by atoms with Crippen LogP contribution in [0.15, 0.2) is 53.7 Å². The van der Waals surface area contributed by atoms with E-state index in [0.717, 1.165) is 53.8 Å². The molecular formula is C22H24N4OS. The molecule has 0 spiro atoms. The number of aryl methyl sites for hydroxylation is 1. The van der Waals surface area contributed by atoms with Crippen molar-refractivity contribution in [3.8, 4) is 11.4 Å². The van der Waals surface area contributed by atoms with Crippen LogP contribution in [0.5, 0.6) is 0 Å². The van der Waals surface area contributed by atoms with Crippen molar-refractivity contribution >= 4 is 17.7 Å². The SMILES string of the molecule is Cc1cccc(-c2nnc(SCc3ccc(C(=O)N4CCCC4)cc3)n2C)c1. The Hall–Kier alpha value is -2.60. The van der Waals surface area contributed by atoms with Crippen LogP contribution in [0.25, 0.3) is 11.4 Å².